The van der Waals surface area contributed by atoms with Crippen LogP contribution in [0.3, 0.4) is 0 Å². The van der Waals surface area contributed by atoms with Crippen molar-refractivity contribution in [3.8, 4) is 0 Å². The number of rotatable bonds is 4. The van der Waals surface area contributed by atoms with Gasteiger partial charge in [-0.2, -0.15) is 0 Å². The van der Waals surface area contributed by atoms with E-state index in [1.807, 2.05) is 31.2 Å². The second-order valence-corrected chi connectivity index (χ2v) is 7.27. The highest BCUT2D eigenvalue weighted by Gasteiger charge is 2.34. The van der Waals surface area contributed by atoms with Crippen molar-refractivity contribution < 1.29 is 4.74 Å². The largest absolute Gasteiger partial charge is 0.381 e. The number of aryl methyl sites for hydroxylation is 1. The number of anilines is 1. The van der Waals surface area contributed by atoms with Gasteiger partial charge in [0.25, 0.3) is 0 Å². The lowest BCUT2D eigenvalue weighted by molar-refractivity contribution is 0.0515. The lowest BCUT2D eigenvalue weighted by Gasteiger charge is -2.38. The van der Waals surface area contributed by atoms with Crippen LogP contribution in [0.5, 0.6) is 0 Å². The Balaban J connectivity index is 1.68. The van der Waals surface area contributed by atoms with Gasteiger partial charge in [-0.1, -0.05) is 23.7 Å². The van der Waals surface area contributed by atoms with E-state index < -0.39 is 0 Å². The van der Waals surface area contributed by atoms with E-state index in [1.165, 1.54) is 5.56 Å². The van der Waals surface area contributed by atoms with Crippen LogP contribution in [0.15, 0.2) is 42.6 Å². The van der Waals surface area contributed by atoms with Gasteiger partial charge in [0.1, 0.15) is 5.82 Å². The maximum Gasteiger partial charge on any atom is 0.171 e. The number of nitrogens with zero attached hydrogens (tertiary/aromatic N) is 1. The normalized spacial score (nSPS) is 16.2. The fraction of sp³-hybridized carbons (Fsp3) is 0.368. The Bertz CT molecular complexity index is 730. The fourth-order valence-electron chi connectivity index (χ4n) is 3.15. The van der Waals surface area contributed by atoms with Crippen molar-refractivity contribution in [2.24, 2.45) is 0 Å². The maximum atomic E-state index is 6.05. The third-order valence-electron chi connectivity index (χ3n) is 4.65. The minimum absolute atomic E-state index is 0.00535. The lowest BCUT2D eigenvalue weighted by atomic mass is 9.74. The van der Waals surface area contributed by atoms with E-state index in [9.17, 15) is 0 Å². The molecule has 0 atom stereocenters. The predicted molar refractivity (Wildman–Crippen MR) is 106 cm³/mol. The SMILES string of the molecule is Cc1ccnc(NC(=S)NCC2(c3ccc(Cl)cc3)CCOCC2)c1. The number of ether oxygens (including phenoxy) is 1. The lowest BCUT2D eigenvalue weighted by Crippen LogP contribution is -2.45. The zero-order valence-corrected chi connectivity index (χ0v) is 15.8. The van der Waals surface area contributed by atoms with Crippen molar-refractivity contribution in [3.63, 3.8) is 0 Å². The second-order valence-electron chi connectivity index (χ2n) is 6.43. The molecule has 0 spiro atoms. The van der Waals surface area contributed by atoms with Gasteiger partial charge in [0.05, 0.1) is 0 Å². The van der Waals surface area contributed by atoms with Crippen molar-refractivity contribution in [1.29, 1.82) is 0 Å². The summed E-state index contributed by atoms with van der Waals surface area (Å²) in [6.45, 7) is 4.28. The summed E-state index contributed by atoms with van der Waals surface area (Å²) >= 11 is 11.5. The van der Waals surface area contributed by atoms with Crippen LogP contribution in [0, 0.1) is 6.92 Å². The van der Waals surface area contributed by atoms with Crippen molar-refractivity contribution in [1.82, 2.24) is 10.3 Å². The predicted octanol–water partition coefficient (Wildman–Crippen LogP) is 4.08. The molecule has 0 radical (unpaired) electrons. The Labute approximate surface area is 158 Å². The molecule has 0 bridgehead atoms. The average molecular weight is 376 g/mol. The highest BCUT2D eigenvalue weighted by Crippen LogP contribution is 2.34. The summed E-state index contributed by atoms with van der Waals surface area (Å²) in [6.07, 6.45) is 3.67. The van der Waals surface area contributed by atoms with Crippen LogP contribution < -0.4 is 10.6 Å². The summed E-state index contributed by atoms with van der Waals surface area (Å²) in [6, 6.07) is 12.0. The first-order valence-corrected chi connectivity index (χ1v) is 9.17. The molecule has 1 aliphatic rings. The zero-order chi connectivity index (χ0) is 17.7. The third-order valence-corrected chi connectivity index (χ3v) is 5.15. The first kappa shape index (κ1) is 18.1. The molecular formula is C19H22ClN3OS. The first-order chi connectivity index (χ1) is 12.1. The molecule has 3 rings (SSSR count). The molecule has 1 aromatic carbocycles. The summed E-state index contributed by atoms with van der Waals surface area (Å²) in [7, 11) is 0. The third kappa shape index (κ3) is 4.69. The summed E-state index contributed by atoms with van der Waals surface area (Å²) in [4.78, 5) is 4.29. The van der Waals surface area contributed by atoms with E-state index in [0.29, 0.717) is 5.11 Å². The van der Waals surface area contributed by atoms with Gasteiger partial charge in [-0.05, 0) is 67.4 Å². The molecule has 0 amide bonds. The van der Waals surface area contributed by atoms with E-state index in [4.69, 9.17) is 28.6 Å². The summed E-state index contributed by atoms with van der Waals surface area (Å²) in [5.74, 6) is 0.755. The number of benzene rings is 1. The molecule has 2 aromatic rings. The van der Waals surface area contributed by atoms with E-state index in [-0.39, 0.29) is 5.41 Å². The van der Waals surface area contributed by atoms with Crippen molar-refractivity contribution in [2.75, 3.05) is 25.1 Å². The second kappa shape index (κ2) is 8.13. The summed E-state index contributed by atoms with van der Waals surface area (Å²) in [5, 5.41) is 7.86. The zero-order valence-electron chi connectivity index (χ0n) is 14.2. The molecule has 1 aromatic heterocycles. The number of hydrogen-bond donors (Lipinski definition) is 2. The smallest absolute Gasteiger partial charge is 0.171 e. The number of hydrogen-bond acceptors (Lipinski definition) is 3. The minimum atomic E-state index is -0.00535. The molecule has 132 valence electrons. The quantitative estimate of drug-likeness (QED) is 0.788. The molecule has 1 saturated heterocycles. The molecular weight excluding hydrogens is 354 g/mol. The monoisotopic (exact) mass is 375 g/mol. The van der Waals surface area contributed by atoms with Crippen LogP contribution in [0.25, 0.3) is 0 Å². The Morgan fingerprint density at radius 1 is 1.24 bits per heavy atom. The van der Waals surface area contributed by atoms with Crippen LogP contribution in [0.4, 0.5) is 5.82 Å². The van der Waals surface area contributed by atoms with Crippen LogP contribution in [0.1, 0.15) is 24.0 Å². The summed E-state index contributed by atoms with van der Waals surface area (Å²) in [5.41, 5.74) is 2.40. The van der Waals surface area contributed by atoms with Crippen molar-refractivity contribution in [2.45, 2.75) is 25.2 Å². The van der Waals surface area contributed by atoms with Crippen LogP contribution in [0.2, 0.25) is 5.02 Å². The molecule has 0 saturated carbocycles. The number of pyridine rings is 1. The Morgan fingerprint density at radius 3 is 2.64 bits per heavy atom. The molecule has 4 nitrogen and oxygen atoms in total. The highest BCUT2D eigenvalue weighted by atomic mass is 35.5. The van der Waals surface area contributed by atoms with Crippen LogP contribution >= 0.6 is 23.8 Å². The Hall–Kier alpha value is -1.69. The number of halogens is 1. The fourth-order valence-corrected chi connectivity index (χ4v) is 3.45. The summed E-state index contributed by atoms with van der Waals surface area (Å²) < 4.78 is 5.57. The van der Waals surface area contributed by atoms with Gasteiger partial charge in [0, 0.05) is 36.4 Å². The van der Waals surface area contributed by atoms with Gasteiger partial charge < -0.3 is 15.4 Å². The maximum absolute atomic E-state index is 6.05. The molecule has 0 aliphatic carbocycles. The molecule has 1 fully saturated rings. The van der Waals surface area contributed by atoms with Crippen LogP contribution in [-0.2, 0) is 10.2 Å². The Morgan fingerprint density at radius 2 is 1.96 bits per heavy atom. The number of aromatic nitrogens is 1. The van der Waals surface area contributed by atoms with Gasteiger partial charge in [0.2, 0.25) is 0 Å². The van der Waals surface area contributed by atoms with Crippen molar-refractivity contribution in [3.05, 3.63) is 58.7 Å². The van der Waals surface area contributed by atoms with Gasteiger partial charge >= 0.3 is 0 Å². The van der Waals surface area contributed by atoms with Gasteiger partial charge in [0.15, 0.2) is 5.11 Å². The molecule has 2 heterocycles. The molecule has 1 aliphatic heterocycles. The van der Waals surface area contributed by atoms with E-state index in [2.05, 4.69) is 27.8 Å². The van der Waals surface area contributed by atoms with E-state index in [1.54, 1.807) is 6.20 Å². The topological polar surface area (TPSA) is 46.2 Å². The molecule has 6 heteroatoms. The standard InChI is InChI=1S/C19H22ClN3OS/c1-14-6-9-21-17(12-14)23-18(25)22-13-19(7-10-24-11-8-19)15-2-4-16(20)5-3-15/h2-6,9,12H,7-8,10-11,13H2,1H3,(H2,21,22,23,25). The van der Waals surface area contributed by atoms with Gasteiger partial charge in [-0.25, -0.2) is 4.98 Å². The minimum Gasteiger partial charge on any atom is -0.381 e. The number of thiocarbonyl (C=S) groups is 1. The molecule has 2 N–H and O–H groups in total. The number of nitrogens with one attached hydrogen (secondary N) is 2. The molecule has 25 heavy (non-hydrogen) atoms. The van der Waals surface area contributed by atoms with E-state index in [0.717, 1.165) is 49.0 Å². The van der Waals surface area contributed by atoms with Gasteiger partial charge in [-0.3, -0.25) is 0 Å². The molecule has 0 unspecified atom stereocenters. The van der Waals surface area contributed by atoms with Crippen molar-refractivity contribution >= 4 is 34.7 Å². The average Bonchev–Trinajstić information content (AvgIpc) is 2.61. The van der Waals surface area contributed by atoms with Gasteiger partial charge in [-0.15, -0.1) is 0 Å². The van der Waals surface area contributed by atoms with Crippen LogP contribution in [-0.4, -0.2) is 29.9 Å². The van der Waals surface area contributed by atoms with E-state index >= 15 is 0 Å². The first-order valence-electron chi connectivity index (χ1n) is 8.39. The highest BCUT2D eigenvalue weighted by molar-refractivity contribution is 7.80. The Kier molecular flexibility index (Phi) is 5.89.